The predicted molar refractivity (Wildman–Crippen MR) is 123 cm³/mol. The maximum atomic E-state index is 13.7. The first-order valence-electron chi connectivity index (χ1n) is 11.5. The molecule has 2 unspecified atom stereocenters. The van der Waals surface area contributed by atoms with Crippen LogP contribution in [-0.2, 0) is 22.6 Å². The Kier molecular flexibility index (Phi) is 6.37. The van der Waals surface area contributed by atoms with Crippen LogP contribution in [0.15, 0.2) is 17.4 Å². The highest BCUT2D eigenvalue weighted by atomic mass is 19.1. The van der Waals surface area contributed by atoms with Crippen molar-refractivity contribution in [1.29, 1.82) is 0 Å². The molecule has 3 aliphatic rings. The van der Waals surface area contributed by atoms with E-state index in [-0.39, 0.29) is 49.2 Å². The maximum absolute atomic E-state index is 13.7. The third-order valence-corrected chi connectivity index (χ3v) is 7.51. The summed E-state index contributed by atoms with van der Waals surface area (Å²) in [6, 6.07) is 1.71. The summed E-state index contributed by atoms with van der Waals surface area (Å²) in [5.74, 6) is -7.42. The average molecular weight is 492 g/mol. The van der Waals surface area contributed by atoms with Crippen LogP contribution in [0.4, 0.5) is 10.1 Å². The van der Waals surface area contributed by atoms with Gasteiger partial charge in [0.1, 0.15) is 24.1 Å². The molecule has 3 aliphatic carbocycles. The lowest BCUT2D eigenvalue weighted by Crippen LogP contribution is -2.63. The number of amides is 1. The molecule has 0 saturated heterocycles. The van der Waals surface area contributed by atoms with Gasteiger partial charge in [-0.2, -0.15) is 0 Å². The smallest absolute Gasteiger partial charge is 0.230 e. The molecular formula is C24H30FN3O7. The van der Waals surface area contributed by atoms with Gasteiger partial charge in [0.2, 0.25) is 5.91 Å². The van der Waals surface area contributed by atoms with Crippen molar-refractivity contribution in [2.75, 3.05) is 32.2 Å². The third-order valence-electron chi connectivity index (χ3n) is 7.51. The first-order chi connectivity index (χ1) is 16.4. The van der Waals surface area contributed by atoms with Gasteiger partial charge in [0, 0.05) is 49.9 Å². The summed E-state index contributed by atoms with van der Waals surface area (Å²) in [6.07, 6.45) is -1.24. The van der Waals surface area contributed by atoms with Crippen LogP contribution >= 0.6 is 0 Å². The van der Waals surface area contributed by atoms with Crippen LogP contribution in [0.2, 0.25) is 0 Å². The molecule has 0 radical (unpaired) electrons. The van der Waals surface area contributed by atoms with Crippen molar-refractivity contribution >= 4 is 23.2 Å². The fraction of sp³-hybridized carbons (Fsp3) is 0.542. The minimum atomic E-state index is -2.54. The molecule has 0 spiro atoms. The zero-order valence-electron chi connectivity index (χ0n) is 19.5. The number of fused-ring (bicyclic) bond motifs is 3. The molecule has 5 atom stereocenters. The van der Waals surface area contributed by atoms with Crippen LogP contribution in [0, 0.1) is 17.8 Å². The monoisotopic (exact) mass is 491 g/mol. The van der Waals surface area contributed by atoms with Crippen molar-refractivity contribution in [3.63, 3.8) is 0 Å². The van der Waals surface area contributed by atoms with E-state index >= 15 is 0 Å². The molecule has 7 N–H and O–H groups in total. The number of hydrogen-bond donors (Lipinski definition) is 6. The van der Waals surface area contributed by atoms with Crippen molar-refractivity contribution in [2.45, 2.75) is 37.5 Å². The Hall–Kier alpha value is -3.02. The van der Waals surface area contributed by atoms with E-state index in [1.165, 1.54) is 0 Å². The molecule has 10 nitrogen and oxygen atoms in total. The van der Waals surface area contributed by atoms with E-state index in [1.807, 2.05) is 0 Å². The molecule has 35 heavy (non-hydrogen) atoms. The molecule has 0 heterocycles. The number of halogens is 1. The van der Waals surface area contributed by atoms with Crippen LogP contribution in [0.25, 0.3) is 0 Å². The number of carbonyl (C=O) groups excluding carboxylic acids is 3. The quantitative estimate of drug-likeness (QED) is 0.234. The molecule has 1 aromatic carbocycles. The molecule has 1 saturated carbocycles. The topological polar surface area (TPSA) is 173 Å². The van der Waals surface area contributed by atoms with Crippen molar-refractivity contribution in [2.24, 2.45) is 23.5 Å². The SMILES string of the molecule is CN(C)c1cc(CNCCF)c(O)c2c1C[C@H]1C[C@H]3CC(O)C(C(N)=O)C(=O)[C@@]3(O)C(O)=C1C2=O. The summed E-state index contributed by atoms with van der Waals surface area (Å²) >= 11 is 0. The first-order valence-corrected chi connectivity index (χ1v) is 11.5. The number of allylic oxidation sites excluding steroid dienone is 1. The summed E-state index contributed by atoms with van der Waals surface area (Å²) in [4.78, 5) is 40.4. The fourth-order valence-corrected chi connectivity index (χ4v) is 5.85. The second kappa shape index (κ2) is 8.89. The zero-order valence-corrected chi connectivity index (χ0v) is 19.5. The highest BCUT2D eigenvalue weighted by molar-refractivity contribution is 6.16. The van der Waals surface area contributed by atoms with E-state index in [9.17, 15) is 39.2 Å². The predicted octanol–water partition coefficient (Wildman–Crippen LogP) is -0.129. The summed E-state index contributed by atoms with van der Waals surface area (Å²) in [6.45, 7) is -0.462. The molecule has 11 heteroatoms. The van der Waals surface area contributed by atoms with E-state index in [0.717, 1.165) is 0 Å². The summed E-state index contributed by atoms with van der Waals surface area (Å²) < 4.78 is 12.6. The number of carbonyl (C=O) groups is 3. The van der Waals surface area contributed by atoms with Gasteiger partial charge in [-0.25, -0.2) is 4.39 Å². The summed E-state index contributed by atoms with van der Waals surface area (Å²) in [5.41, 5.74) is 4.04. The number of hydrogen-bond acceptors (Lipinski definition) is 9. The summed E-state index contributed by atoms with van der Waals surface area (Å²) in [7, 11) is 3.55. The van der Waals surface area contributed by atoms with Crippen LogP contribution in [0.5, 0.6) is 5.75 Å². The van der Waals surface area contributed by atoms with Gasteiger partial charge in [0.05, 0.1) is 11.7 Å². The number of aliphatic hydroxyl groups is 3. The van der Waals surface area contributed by atoms with Gasteiger partial charge in [0.15, 0.2) is 17.2 Å². The van der Waals surface area contributed by atoms with E-state index in [1.54, 1.807) is 25.1 Å². The largest absolute Gasteiger partial charge is 0.508 e. The van der Waals surface area contributed by atoms with Gasteiger partial charge in [-0.15, -0.1) is 0 Å². The number of primary amides is 1. The zero-order chi connectivity index (χ0) is 25.8. The molecule has 190 valence electrons. The fourth-order valence-electron chi connectivity index (χ4n) is 5.85. The second-order valence-electron chi connectivity index (χ2n) is 9.76. The molecule has 1 fully saturated rings. The van der Waals surface area contributed by atoms with E-state index in [2.05, 4.69) is 5.32 Å². The van der Waals surface area contributed by atoms with Crippen LogP contribution in [-0.4, -0.2) is 76.9 Å². The first kappa shape index (κ1) is 25.1. The lowest BCUT2D eigenvalue weighted by atomic mass is 9.57. The lowest BCUT2D eigenvalue weighted by Gasteiger charge is -2.48. The Balaban J connectivity index is 1.86. The number of benzene rings is 1. The van der Waals surface area contributed by atoms with Crippen LogP contribution in [0.3, 0.4) is 0 Å². The number of nitrogens with two attached hydrogens (primary N) is 1. The van der Waals surface area contributed by atoms with E-state index in [4.69, 9.17) is 5.73 Å². The minimum Gasteiger partial charge on any atom is -0.508 e. The number of Topliss-reactive ketones (excluding diaryl/α,β-unsaturated/α-hetero) is 2. The van der Waals surface area contributed by atoms with Crippen molar-refractivity contribution < 1.29 is 39.2 Å². The highest BCUT2D eigenvalue weighted by Gasteiger charge is 2.62. The molecule has 0 bridgehead atoms. The van der Waals surface area contributed by atoms with Gasteiger partial charge >= 0.3 is 0 Å². The van der Waals surface area contributed by atoms with Crippen molar-refractivity contribution in [3.05, 3.63) is 34.1 Å². The normalized spacial score (nSPS) is 30.0. The maximum Gasteiger partial charge on any atom is 0.230 e. The number of rotatable bonds is 6. The number of phenols is 1. The number of aromatic hydroxyl groups is 1. The Morgan fingerprint density at radius 1 is 1.29 bits per heavy atom. The number of aliphatic hydroxyl groups excluding tert-OH is 2. The molecule has 1 aromatic rings. The number of alkyl halides is 1. The van der Waals surface area contributed by atoms with Gasteiger partial charge in [-0.05, 0) is 36.8 Å². The van der Waals surface area contributed by atoms with Crippen LogP contribution in [0.1, 0.15) is 34.3 Å². The number of nitrogens with zero attached hydrogens (tertiary/aromatic N) is 1. The Bertz CT molecular complexity index is 1130. The molecule has 0 aliphatic heterocycles. The highest BCUT2D eigenvalue weighted by Crippen LogP contribution is 2.52. The third kappa shape index (κ3) is 3.69. The van der Waals surface area contributed by atoms with Gasteiger partial charge in [-0.1, -0.05) is 0 Å². The molecule has 1 amide bonds. The molecule has 4 rings (SSSR count). The minimum absolute atomic E-state index is 0.0529. The molecular weight excluding hydrogens is 461 g/mol. The Labute approximate surface area is 201 Å². The van der Waals surface area contributed by atoms with Gasteiger partial charge in [-0.3, -0.25) is 14.4 Å². The Morgan fingerprint density at radius 2 is 1.97 bits per heavy atom. The van der Waals surface area contributed by atoms with Crippen molar-refractivity contribution in [1.82, 2.24) is 5.32 Å². The lowest BCUT2D eigenvalue weighted by molar-refractivity contribution is -0.167. The number of anilines is 1. The van der Waals surface area contributed by atoms with Crippen molar-refractivity contribution in [3.8, 4) is 5.75 Å². The van der Waals surface area contributed by atoms with E-state index < -0.39 is 59.4 Å². The average Bonchev–Trinajstić information content (AvgIpc) is 2.77. The Morgan fingerprint density at radius 3 is 2.57 bits per heavy atom. The summed E-state index contributed by atoms with van der Waals surface area (Å²) in [5, 5.41) is 46.6. The number of phenolic OH excluding ortho intramolecular Hbond substituents is 1. The number of ketones is 2. The second-order valence-corrected chi connectivity index (χ2v) is 9.76. The van der Waals surface area contributed by atoms with E-state index in [0.29, 0.717) is 16.8 Å². The van der Waals surface area contributed by atoms with Gasteiger partial charge in [0.25, 0.3) is 0 Å². The van der Waals surface area contributed by atoms with Gasteiger partial charge < -0.3 is 36.4 Å². The van der Waals surface area contributed by atoms with Crippen LogP contribution < -0.4 is 16.0 Å². The molecule has 0 aromatic heterocycles. The standard InChI is InChI=1S/C24H30FN3O7/c1-28(2)14-7-11(9-27-4-3-25)19(30)17-13(14)6-10-5-12-8-15(29)18(23(26)34)22(33)24(12,35)21(32)16(10)20(17)31/h7,10,12,15,18,27,29-30,32,35H,3-6,8-9H2,1-2H3,(H2,26,34)/t10-,12+,15?,18?,24+/m1/s1. The number of nitrogens with one attached hydrogen (secondary N) is 1.